The molecule has 0 unspecified atom stereocenters. The first-order chi connectivity index (χ1) is 13.4. The molecule has 9 nitrogen and oxygen atoms in total. The van der Waals surface area contributed by atoms with E-state index in [1.807, 2.05) is 0 Å². The molecule has 3 rings (SSSR count). The van der Waals surface area contributed by atoms with Crippen molar-refractivity contribution in [1.29, 1.82) is 0 Å². The topological polar surface area (TPSA) is 98.7 Å². The molecule has 1 aliphatic rings. The van der Waals surface area contributed by atoms with Gasteiger partial charge in [-0.25, -0.2) is 22.7 Å². The van der Waals surface area contributed by atoms with Crippen LogP contribution >= 0.6 is 0 Å². The number of sulfonamides is 1. The second kappa shape index (κ2) is 8.63. The molecule has 1 aromatic heterocycles. The van der Waals surface area contributed by atoms with Crippen molar-refractivity contribution in [3.8, 4) is 0 Å². The van der Waals surface area contributed by atoms with Gasteiger partial charge in [0, 0.05) is 58.4 Å². The number of carbonyl (C=O) groups is 1. The van der Waals surface area contributed by atoms with Gasteiger partial charge < -0.3 is 10.2 Å². The maximum absolute atomic E-state index is 12.4. The Morgan fingerprint density at radius 1 is 1.11 bits per heavy atom. The van der Waals surface area contributed by atoms with Gasteiger partial charge in [-0.15, -0.1) is 0 Å². The average molecular weight is 404 g/mol. The van der Waals surface area contributed by atoms with Crippen molar-refractivity contribution >= 4 is 27.6 Å². The molecule has 0 spiro atoms. The van der Waals surface area contributed by atoms with Crippen LogP contribution in [0.15, 0.2) is 47.6 Å². The van der Waals surface area contributed by atoms with E-state index < -0.39 is 10.0 Å². The summed E-state index contributed by atoms with van der Waals surface area (Å²) in [5.74, 6) is 0.523. The molecule has 2 aromatic rings. The number of hydrogen-bond donors (Lipinski definition) is 1. The van der Waals surface area contributed by atoms with Crippen LogP contribution < -0.4 is 10.2 Å². The predicted molar refractivity (Wildman–Crippen MR) is 107 cm³/mol. The normalized spacial score (nSPS) is 15.6. The summed E-state index contributed by atoms with van der Waals surface area (Å²) in [6.07, 6.45) is 3.43. The van der Waals surface area contributed by atoms with Gasteiger partial charge in [0.15, 0.2) is 0 Å². The van der Waals surface area contributed by atoms with Crippen molar-refractivity contribution in [2.75, 3.05) is 57.0 Å². The molecule has 1 aliphatic heterocycles. The fourth-order valence-electron chi connectivity index (χ4n) is 2.91. The Kier molecular flexibility index (Phi) is 6.22. The van der Waals surface area contributed by atoms with E-state index in [4.69, 9.17) is 0 Å². The average Bonchev–Trinajstić information content (AvgIpc) is 2.69. The van der Waals surface area contributed by atoms with Gasteiger partial charge in [0.05, 0.1) is 11.4 Å². The fourth-order valence-corrected chi connectivity index (χ4v) is 3.86. The lowest BCUT2D eigenvalue weighted by atomic mass is 10.3. The highest BCUT2D eigenvalue weighted by Gasteiger charge is 2.21. The number of carbonyl (C=O) groups excluding carboxylic acids is 1. The van der Waals surface area contributed by atoms with E-state index in [1.54, 1.807) is 30.6 Å². The summed E-state index contributed by atoms with van der Waals surface area (Å²) >= 11 is 0. The zero-order valence-electron chi connectivity index (χ0n) is 15.9. The van der Waals surface area contributed by atoms with Gasteiger partial charge in [-0.1, -0.05) is 6.07 Å². The standard InChI is InChI=1S/C18H24N6O3S/c1-22(2)28(26,27)16-6-3-5-15(13-16)21-17(25)14-23-9-11-24(12-10-23)18-19-7-4-8-20-18/h3-8,13H,9-12,14H2,1-2H3,(H,21,25). The third-order valence-electron chi connectivity index (χ3n) is 4.47. The van der Waals surface area contributed by atoms with Crippen LogP contribution in [0.1, 0.15) is 0 Å². The first-order valence-electron chi connectivity index (χ1n) is 8.93. The molecule has 10 heteroatoms. The van der Waals surface area contributed by atoms with E-state index in [0.29, 0.717) is 11.6 Å². The lowest BCUT2D eigenvalue weighted by molar-refractivity contribution is -0.117. The maximum atomic E-state index is 12.4. The summed E-state index contributed by atoms with van der Waals surface area (Å²) < 4.78 is 25.6. The van der Waals surface area contributed by atoms with Gasteiger partial charge in [-0.05, 0) is 24.3 Å². The molecule has 150 valence electrons. The number of nitrogens with one attached hydrogen (secondary N) is 1. The summed E-state index contributed by atoms with van der Waals surface area (Å²) in [6.45, 7) is 3.18. The molecule has 28 heavy (non-hydrogen) atoms. The van der Waals surface area contributed by atoms with E-state index in [2.05, 4.69) is 25.1 Å². The highest BCUT2D eigenvalue weighted by atomic mass is 32.2. The van der Waals surface area contributed by atoms with Crippen molar-refractivity contribution in [2.24, 2.45) is 0 Å². The monoisotopic (exact) mass is 404 g/mol. The number of amides is 1. The molecular formula is C18H24N6O3S. The van der Waals surface area contributed by atoms with E-state index in [1.165, 1.54) is 26.2 Å². The summed E-state index contributed by atoms with van der Waals surface area (Å²) in [6, 6.07) is 8.05. The van der Waals surface area contributed by atoms with E-state index in [9.17, 15) is 13.2 Å². The van der Waals surface area contributed by atoms with Crippen molar-refractivity contribution in [3.05, 3.63) is 42.7 Å². The lowest BCUT2D eigenvalue weighted by Gasteiger charge is -2.34. The molecular weight excluding hydrogens is 380 g/mol. The number of hydrogen-bond acceptors (Lipinski definition) is 7. The third kappa shape index (κ3) is 4.83. The van der Waals surface area contributed by atoms with Crippen LogP contribution in [0, 0.1) is 0 Å². The summed E-state index contributed by atoms with van der Waals surface area (Å²) in [5.41, 5.74) is 0.462. The smallest absolute Gasteiger partial charge is 0.242 e. The Balaban J connectivity index is 1.54. The number of aromatic nitrogens is 2. The number of rotatable bonds is 6. The molecule has 1 fully saturated rings. The molecule has 0 saturated carbocycles. The Morgan fingerprint density at radius 2 is 1.79 bits per heavy atom. The summed E-state index contributed by atoms with van der Waals surface area (Å²) in [7, 11) is -0.595. The van der Waals surface area contributed by atoms with Gasteiger partial charge in [-0.3, -0.25) is 9.69 Å². The molecule has 0 aliphatic carbocycles. The van der Waals surface area contributed by atoms with Crippen LogP contribution in [0.2, 0.25) is 0 Å². The first-order valence-corrected chi connectivity index (χ1v) is 10.4. The molecule has 2 heterocycles. The minimum atomic E-state index is -3.54. The molecule has 1 saturated heterocycles. The molecule has 1 amide bonds. The Morgan fingerprint density at radius 3 is 2.43 bits per heavy atom. The molecule has 1 N–H and O–H groups in total. The van der Waals surface area contributed by atoms with E-state index in [0.717, 1.165) is 30.5 Å². The Labute approximate surface area is 165 Å². The quantitative estimate of drug-likeness (QED) is 0.748. The molecule has 1 aromatic carbocycles. The molecule has 0 radical (unpaired) electrons. The minimum absolute atomic E-state index is 0.145. The zero-order valence-corrected chi connectivity index (χ0v) is 16.8. The second-order valence-electron chi connectivity index (χ2n) is 6.68. The van der Waals surface area contributed by atoms with Gasteiger partial charge in [-0.2, -0.15) is 0 Å². The van der Waals surface area contributed by atoms with Crippen LogP contribution in [0.25, 0.3) is 0 Å². The maximum Gasteiger partial charge on any atom is 0.242 e. The van der Waals surface area contributed by atoms with Crippen LogP contribution in [0.4, 0.5) is 11.6 Å². The highest BCUT2D eigenvalue weighted by molar-refractivity contribution is 7.89. The summed E-state index contributed by atoms with van der Waals surface area (Å²) in [4.78, 5) is 25.2. The second-order valence-corrected chi connectivity index (χ2v) is 8.83. The predicted octanol–water partition coefficient (Wildman–Crippen LogP) is 0.488. The van der Waals surface area contributed by atoms with Crippen molar-refractivity contribution < 1.29 is 13.2 Å². The Bertz CT molecular complexity index is 912. The molecule has 0 atom stereocenters. The number of benzene rings is 1. The van der Waals surface area contributed by atoms with Crippen LogP contribution in [0.3, 0.4) is 0 Å². The number of piperazine rings is 1. The zero-order chi connectivity index (χ0) is 20.1. The SMILES string of the molecule is CN(C)S(=O)(=O)c1cccc(NC(=O)CN2CCN(c3ncccn3)CC2)c1. The van der Waals surface area contributed by atoms with E-state index in [-0.39, 0.29) is 17.3 Å². The van der Waals surface area contributed by atoms with E-state index >= 15 is 0 Å². The third-order valence-corrected chi connectivity index (χ3v) is 6.28. The Hall–Kier alpha value is -2.56. The van der Waals surface area contributed by atoms with Gasteiger partial charge in [0.1, 0.15) is 0 Å². The highest BCUT2D eigenvalue weighted by Crippen LogP contribution is 2.18. The van der Waals surface area contributed by atoms with Crippen LogP contribution in [0.5, 0.6) is 0 Å². The largest absolute Gasteiger partial charge is 0.338 e. The van der Waals surface area contributed by atoms with Gasteiger partial charge in [0.2, 0.25) is 21.9 Å². The van der Waals surface area contributed by atoms with Crippen LogP contribution in [-0.2, 0) is 14.8 Å². The number of anilines is 2. The van der Waals surface area contributed by atoms with Crippen LogP contribution in [-0.4, -0.2) is 80.3 Å². The van der Waals surface area contributed by atoms with Crippen molar-refractivity contribution in [3.63, 3.8) is 0 Å². The van der Waals surface area contributed by atoms with Gasteiger partial charge in [0.25, 0.3) is 0 Å². The fraction of sp³-hybridized carbons (Fsp3) is 0.389. The van der Waals surface area contributed by atoms with Gasteiger partial charge >= 0.3 is 0 Å². The van der Waals surface area contributed by atoms with Crippen molar-refractivity contribution in [2.45, 2.75) is 4.90 Å². The summed E-state index contributed by atoms with van der Waals surface area (Å²) in [5, 5.41) is 2.78. The van der Waals surface area contributed by atoms with Crippen molar-refractivity contribution in [1.82, 2.24) is 19.2 Å². The molecule has 0 bridgehead atoms. The number of nitrogens with zero attached hydrogens (tertiary/aromatic N) is 5. The lowest BCUT2D eigenvalue weighted by Crippen LogP contribution is -2.49. The first kappa shape index (κ1) is 20.2. The minimum Gasteiger partial charge on any atom is -0.338 e.